The summed E-state index contributed by atoms with van der Waals surface area (Å²) in [4.78, 5) is 12.6. The summed E-state index contributed by atoms with van der Waals surface area (Å²) in [5.41, 5.74) is 8.69. The molecule has 3 nitrogen and oxygen atoms in total. The average Bonchev–Trinajstić information content (AvgIpc) is 3.07. The third kappa shape index (κ3) is 5.86. The molecule has 0 atom stereocenters. The van der Waals surface area contributed by atoms with Crippen molar-refractivity contribution in [1.82, 2.24) is 4.57 Å². The molecule has 1 heterocycles. The molecule has 29 heavy (non-hydrogen) atoms. The molecule has 2 aliphatic rings. The molecule has 2 saturated carbocycles. The quantitative estimate of drug-likeness (QED) is 0.596. The van der Waals surface area contributed by atoms with E-state index in [0.717, 1.165) is 51.0 Å². The summed E-state index contributed by atoms with van der Waals surface area (Å²) in [6.45, 7) is 1.14. The second kappa shape index (κ2) is 10.6. The maximum Gasteiger partial charge on any atom is 0.133 e. The molecule has 4 heteroatoms. The highest BCUT2D eigenvalue weighted by Crippen LogP contribution is 2.30. The molecule has 160 valence electrons. The Morgan fingerprint density at radius 2 is 1.69 bits per heavy atom. The Balaban J connectivity index is 0.00000240. The Morgan fingerprint density at radius 3 is 2.45 bits per heavy atom. The largest absolute Gasteiger partial charge is 0.347 e. The molecule has 2 aromatic rings. The normalized spacial score (nSPS) is 23.1. The summed E-state index contributed by atoms with van der Waals surface area (Å²) in [6.07, 6.45) is 16.0. The van der Waals surface area contributed by atoms with Crippen LogP contribution in [0.3, 0.4) is 0 Å². The van der Waals surface area contributed by atoms with E-state index in [4.69, 9.17) is 5.73 Å². The second-order valence-corrected chi connectivity index (χ2v) is 9.35. The minimum atomic E-state index is 0. The van der Waals surface area contributed by atoms with E-state index in [1.54, 1.807) is 0 Å². The monoisotopic (exact) mass is 416 g/mol. The van der Waals surface area contributed by atoms with Crippen LogP contribution >= 0.6 is 12.4 Å². The molecule has 0 aliphatic heterocycles. The van der Waals surface area contributed by atoms with E-state index in [2.05, 4.69) is 35.0 Å². The van der Waals surface area contributed by atoms with Crippen molar-refractivity contribution < 1.29 is 4.79 Å². The number of aryl methyl sites for hydroxylation is 1. The predicted molar refractivity (Wildman–Crippen MR) is 124 cm³/mol. The van der Waals surface area contributed by atoms with Crippen LogP contribution in [0, 0.1) is 11.8 Å². The van der Waals surface area contributed by atoms with Crippen molar-refractivity contribution in [2.24, 2.45) is 17.6 Å². The molecule has 0 bridgehead atoms. The lowest BCUT2D eigenvalue weighted by molar-refractivity contribution is -0.120. The number of hydrogen-bond donors (Lipinski definition) is 1. The Morgan fingerprint density at radius 1 is 0.966 bits per heavy atom. The number of rotatable bonds is 7. The smallest absolute Gasteiger partial charge is 0.133 e. The zero-order valence-electron chi connectivity index (χ0n) is 17.7. The van der Waals surface area contributed by atoms with Gasteiger partial charge in [-0.05, 0) is 68.4 Å². The van der Waals surface area contributed by atoms with Crippen LogP contribution in [0.5, 0.6) is 0 Å². The lowest BCUT2D eigenvalue weighted by Gasteiger charge is -2.25. The zero-order chi connectivity index (χ0) is 19.3. The third-order valence-electron chi connectivity index (χ3n) is 7.13. The lowest BCUT2D eigenvalue weighted by atomic mass is 9.83. The highest BCUT2D eigenvalue weighted by Gasteiger charge is 2.21. The van der Waals surface area contributed by atoms with Crippen LogP contribution in [-0.4, -0.2) is 16.4 Å². The van der Waals surface area contributed by atoms with Crippen LogP contribution in [0.1, 0.15) is 76.2 Å². The molecule has 2 fully saturated rings. The lowest BCUT2D eigenvalue weighted by Crippen LogP contribution is -2.27. The molecule has 1 aromatic carbocycles. The molecule has 0 radical (unpaired) electrons. The van der Waals surface area contributed by atoms with Crippen molar-refractivity contribution >= 4 is 29.1 Å². The minimum absolute atomic E-state index is 0. The summed E-state index contributed by atoms with van der Waals surface area (Å²) < 4.78 is 2.47. The first-order valence-electron chi connectivity index (χ1n) is 11.5. The van der Waals surface area contributed by atoms with E-state index in [9.17, 15) is 4.79 Å². The van der Waals surface area contributed by atoms with Crippen LogP contribution in [0.25, 0.3) is 10.9 Å². The predicted octanol–water partition coefficient (Wildman–Crippen LogP) is 6.05. The molecule has 2 N–H and O–H groups in total. The standard InChI is InChI=1S/C25H36N2O.ClH/c26-22-13-10-19(11-14-22)16-23(28)15-12-21-18-27(17-20-6-2-1-3-7-20)25-9-5-4-8-24(21)25;/h4-5,8-9,18-20,22H,1-3,6-7,10-17,26H2;1H. The van der Waals surface area contributed by atoms with Crippen molar-refractivity contribution in [1.29, 1.82) is 0 Å². The minimum Gasteiger partial charge on any atom is -0.347 e. The summed E-state index contributed by atoms with van der Waals surface area (Å²) in [7, 11) is 0. The fourth-order valence-corrected chi connectivity index (χ4v) is 5.41. The third-order valence-corrected chi connectivity index (χ3v) is 7.13. The van der Waals surface area contributed by atoms with Crippen LogP contribution in [-0.2, 0) is 17.8 Å². The number of carbonyl (C=O) groups excluding carboxylic acids is 1. The Labute approximate surface area is 181 Å². The number of aromatic nitrogens is 1. The van der Waals surface area contributed by atoms with E-state index in [1.165, 1.54) is 48.6 Å². The van der Waals surface area contributed by atoms with Crippen molar-refractivity contribution in [2.75, 3.05) is 0 Å². The van der Waals surface area contributed by atoms with Gasteiger partial charge in [0.1, 0.15) is 5.78 Å². The Hall–Kier alpha value is -1.32. The summed E-state index contributed by atoms with van der Waals surface area (Å²) in [5.74, 6) is 1.82. The zero-order valence-corrected chi connectivity index (χ0v) is 18.5. The van der Waals surface area contributed by atoms with Gasteiger partial charge < -0.3 is 10.3 Å². The Kier molecular flexibility index (Phi) is 8.20. The first-order valence-corrected chi connectivity index (χ1v) is 11.5. The van der Waals surface area contributed by atoms with Gasteiger partial charge in [-0.15, -0.1) is 12.4 Å². The average molecular weight is 417 g/mol. The molecule has 0 amide bonds. The molecule has 0 unspecified atom stereocenters. The fourth-order valence-electron chi connectivity index (χ4n) is 5.41. The molecule has 0 spiro atoms. The second-order valence-electron chi connectivity index (χ2n) is 9.35. The summed E-state index contributed by atoms with van der Waals surface area (Å²) in [5, 5.41) is 1.34. The highest BCUT2D eigenvalue weighted by atomic mass is 35.5. The number of hydrogen-bond acceptors (Lipinski definition) is 2. The number of fused-ring (bicyclic) bond motifs is 1. The van der Waals surface area contributed by atoms with Gasteiger partial charge in [0, 0.05) is 42.5 Å². The Bertz CT molecular complexity index is 785. The van der Waals surface area contributed by atoms with E-state index in [0.29, 0.717) is 24.2 Å². The van der Waals surface area contributed by atoms with Crippen molar-refractivity contribution in [3.05, 3.63) is 36.0 Å². The molecule has 0 saturated heterocycles. The number of ketones is 1. The molecule has 4 rings (SSSR count). The van der Waals surface area contributed by atoms with Crippen molar-refractivity contribution in [3.63, 3.8) is 0 Å². The number of para-hydroxylation sites is 1. The first-order chi connectivity index (χ1) is 13.7. The fraction of sp³-hybridized carbons (Fsp3) is 0.640. The molecular weight excluding hydrogens is 380 g/mol. The topological polar surface area (TPSA) is 48.0 Å². The van der Waals surface area contributed by atoms with Gasteiger partial charge in [0.15, 0.2) is 0 Å². The van der Waals surface area contributed by atoms with Gasteiger partial charge in [-0.1, -0.05) is 37.5 Å². The van der Waals surface area contributed by atoms with Gasteiger partial charge in [-0.25, -0.2) is 0 Å². The van der Waals surface area contributed by atoms with Crippen LogP contribution in [0.15, 0.2) is 30.5 Å². The summed E-state index contributed by atoms with van der Waals surface area (Å²) in [6, 6.07) is 9.11. The maximum absolute atomic E-state index is 12.6. The molecule has 1 aromatic heterocycles. The van der Waals surface area contributed by atoms with Crippen molar-refractivity contribution in [2.45, 2.75) is 89.6 Å². The van der Waals surface area contributed by atoms with Gasteiger partial charge in [0.2, 0.25) is 0 Å². The van der Waals surface area contributed by atoms with Gasteiger partial charge >= 0.3 is 0 Å². The van der Waals surface area contributed by atoms with Gasteiger partial charge in [0.05, 0.1) is 0 Å². The highest BCUT2D eigenvalue weighted by molar-refractivity contribution is 5.86. The number of halogens is 1. The van der Waals surface area contributed by atoms with Gasteiger partial charge in [-0.3, -0.25) is 4.79 Å². The number of Topliss-reactive ketones (excluding diaryl/α,β-unsaturated/α-hetero) is 1. The number of nitrogens with two attached hydrogens (primary N) is 1. The van der Waals surface area contributed by atoms with Crippen LogP contribution in [0.4, 0.5) is 0 Å². The number of benzene rings is 1. The van der Waals surface area contributed by atoms with Crippen LogP contribution < -0.4 is 5.73 Å². The van der Waals surface area contributed by atoms with Crippen molar-refractivity contribution in [3.8, 4) is 0 Å². The van der Waals surface area contributed by atoms with E-state index >= 15 is 0 Å². The maximum atomic E-state index is 12.6. The first kappa shape index (κ1) is 22.4. The van der Waals surface area contributed by atoms with Gasteiger partial charge in [0.25, 0.3) is 0 Å². The van der Waals surface area contributed by atoms with Gasteiger partial charge in [-0.2, -0.15) is 0 Å². The van der Waals surface area contributed by atoms with E-state index in [1.807, 2.05) is 0 Å². The van der Waals surface area contributed by atoms with E-state index < -0.39 is 0 Å². The van der Waals surface area contributed by atoms with Crippen LogP contribution in [0.2, 0.25) is 0 Å². The SMILES string of the molecule is Cl.NC1CCC(CC(=O)CCc2cn(CC3CCCCC3)c3ccccc23)CC1. The molecule has 2 aliphatic carbocycles. The molecular formula is C25H37ClN2O. The number of carbonyl (C=O) groups is 1. The van der Waals surface area contributed by atoms with E-state index in [-0.39, 0.29) is 12.4 Å². The number of nitrogens with zero attached hydrogens (tertiary/aromatic N) is 1. The summed E-state index contributed by atoms with van der Waals surface area (Å²) >= 11 is 0.